The van der Waals surface area contributed by atoms with E-state index in [1.165, 1.54) is 5.56 Å². The zero-order chi connectivity index (χ0) is 11.3. The van der Waals surface area contributed by atoms with Crippen molar-refractivity contribution >= 4 is 22.5 Å². The van der Waals surface area contributed by atoms with Crippen molar-refractivity contribution in [3.63, 3.8) is 0 Å². The first-order chi connectivity index (χ1) is 7.57. The van der Waals surface area contributed by atoms with Gasteiger partial charge >= 0.3 is 0 Å². The molecular formula is C12H14ClN3. The number of nitrogens with two attached hydrogens (primary N) is 1. The third-order valence-corrected chi connectivity index (χ3v) is 3.60. The Morgan fingerprint density at radius 1 is 1.50 bits per heavy atom. The Bertz CT molecular complexity index is 555. The van der Waals surface area contributed by atoms with Crippen LogP contribution in [0.5, 0.6) is 0 Å². The number of benzene rings is 1. The van der Waals surface area contributed by atoms with Gasteiger partial charge in [-0.25, -0.2) is 0 Å². The van der Waals surface area contributed by atoms with E-state index in [1.807, 2.05) is 7.05 Å². The number of aromatic nitrogens is 2. The lowest BCUT2D eigenvalue weighted by Crippen LogP contribution is -2.24. The van der Waals surface area contributed by atoms with Gasteiger partial charge in [0, 0.05) is 18.0 Å². The summed E-state index contributed by atoms with van der Waals surface area (Å²) < 4.78 is 1.80. The van der Waals surface area contributed by atoms with Crippen LogP contribution in [-0.4, -0.2) is 15.3 Å². The van der Waals surface area contributed by atoms with Gasteiger partial charge in [0.15, 0.2) is 5.15 Å². The number of hydrogen-bond acceptors (Lipinski definition) is 2. The number of rotatable bonds is 2. The van der Waals surface area contributed by atoms with E-state index in [4.69, 9.17) is 17.3 Å². The fourth-order valence-electron chi connectivity index (χ4n) is 2.12. The van der Waals surface area contributed by atoms with Gasteiger partial charge in [0.1, 0.15) is 0 Å². The van der Waals surface area contributed by atoms with Crippen molar-refractivity contribution in [2.45, 2.75) is 24.8 Å². The molecule has 0 atom stereocenters. The van der Waals surface area contributed by atoms with Gasteiger partial charge in [0.2, 0.25) is 0 Å². The SMILES string of the molecule is Cn1nc(Cl)c2cc(CC3(N)CC3)ccc21. The monoisotopic (exact) mass is 235 g/mol. The maximum absolute atomic E-state index is 6.11. The maximum atomic E-state index is 6.11. The summed E-state index contributed by atoms with van der Waals surface area (Å²) in [5.74, 6) is 0. The summed E-state index contributed by atoms with van der Waals surface area (Å²) in [7, 11) is 1.90. The topological polar surface area (TPSA) is 43.8 Å². The van der Waals surface area contributed by atoms with Crippen molar-refractivity contribution in [2.75, 3.05) is 0 Å². The lowest BCUT2D eigenvalue weighted by molar-refractivity contribution is 0.672. The molecule has 0 saturated heterocycles. The lowest BCUT2D eigenvalue weighted by atomic mass is 10.0. The molecule has 16 heavy (non-hydrogen) atoms. The molecule has 1 heterocycles. The molecule has 84 valence electrons. The molecule has 4 heteroatoms. The summed E-state index contributed by atoms with van der Waals surface area (Å²) in [5, 5.41) is 5.78. The molecule has 0 amide bonds. The second kappa shape index (κ2) is 3.22. The minimum atomic E-state index is 0.0440. The molecule has 1 aromatic heterocycles. The Balaban J connectivity index is 2.04. The average molecular weight is 236 g/mol. The highest BCUT2D eigenvalue weighted by Crippen LogP contribution is 2.36. The normalized spacial score (nSPS) is 17.9. The molecule has 2 aromatic rings. The summed E-state index contributed by atoms with van der Waals surface area (Å²) in [6, 6.07) is 6.29. The van der Waals surface area contributed by atoms with Crippen molar-refractivity contribution in [1.29, 1.82) is 0 Å². The quantitative estimate of drug-likeness (QED) is 0.868. The number of fused-ring (bicyclic) bond motifs is 1. The Morgan fingerprint density at radius 3 is 2.94 bits per heavy atom. The van der Waals surface area contributed by atoms with Crippen LogP contribution in [0.1, 0.15) is 18.4 Å². The number of aryl methyl sites for hydroxylation is 1. The highest BCUT2D eigenvalue weighted by Gasteiger charge is 2.37. The molecule has 0 radical (unpaired) electrons. The molecule has 1 aromatic carbocycles. The molecule has 0 bridgehead atoms. The van der Waals surface area contributed by atoms with E-state index in [0.717, 1.165) is 30.2 Å². The molecule has 1 fully saturated rings. The van der Waals surface area contributed by atoms with Crippen molar-refractivity contribution in [1.82, 2.24) is 9.78 Å². The molecule has 0 spiro atoms. The van der Waals surface area contributed by atoms with Crippen molar-refractivity contribution < 1.29 is 0 Å². The lowest BCUT2D eigenvalue weighted by Gasteiger charge is -2.08. The summed E-state index contributed by atoms with van der Waals surface area (Å²) in [4.78, 5) is 0. The van der Waals surface area contributed by atoms with Gasteiger partial charge in [-0.15, -0.1) is 0 Å². The van der Waals surface area contributed by atoms with Crippen LogP contribution in [0.3, 0.4) is 0 Å². The van der Waals surface area contributed by atoms with Crippen LogP contribution >= 0.6 is 11.6 Å². The maximum Gasteiger partial charge on any atom is 0.158 e. The van der Waals surface area contributed by atoms with E-state index in [-0.39, 0.29) is 5.54 Å². The molecule has 3 rings (SSSR count). The zero-order valence-electron chi connectivity index (χ0n) is 9.20. The first-order valence-electron chi connectivity index (χ1n) is 5.47. The van der Waals surface area contributed by atoms with Crippen LogP contribution in [0.15, 0.2) is 18.2 Å². The van der Waals surface area contributed by atoms with E-state index in [2.05, 4.69) is 23.3 Å². The van der Waals surface area contributed by atoms with Crippen molar-refractivity contribution in [2.24, 2.45) is 12.8 Å². The first-order valence-corrected chi connectivity index (χ1v) is 5.85. The first kappa shape index (κ1) is 10.1. The summed E-state index contributed by atoms with van der Waals surface area (Å²) in [5.41, 5.74) is 8.47. The van der Waals surface area contributed by atoms with E-state index < -0.39 is 0 Å². The van der Waals surface area contributed by atoms with E-state index >= 15 is 0 Å². The zero-order valence-corrected chi connectivity index (χ0v) is 9.96. The minimum absolute atomic E-state index is 0.0440. The predicted octanol–water partition coefficient (Wildman–Crippen LogP) is 2.26. The molecule has 1 saturated carbocycles. The van der Waals surface area contributed by atoms with Gasteiger partial charge in [-0.2, -0.15) is 5.10 Å². The molecule has 2 N–H and O–H groups in total. The van der Waals surface area contributed by atoms with Gasteiger partial charge in [-0.3, -0.25) is 4.68 Å². The third-order valence-electron chi connectivity index (χ3n) is 3.32. The molecular weight excluding hydrogens is 222 g/mol. The van der Waals surface area contributed by atoms with Crippen LogP contribution in [-0.2, 0) is 13.5 Å². The Hall–Kier alpha value is -1.06. The standard InChI is InChI=1S/C12H14ClN3/c1-16-10-3-2-8(7-12(14)4-5-12)6-9(10)11(13)15-16/h2-3,6H,4-5,7,14H2,1H3. The van der Waals surface area contributed by atoms with Crippen LogP contribution in [0.2, 0.25) is 5.15 Å². The number of hydrogen-bond donors (Lipinski definition) is 1. The Morgan fingerprint density at radius 2 is 2.25 bits per heavy atom. The van der Waals surface area contributed by atoms with E-state index in [9.17, 15) is 0 Å². The third kappa shape index (κ3) is 1.60. The van der Waals surface area contributed by atoms with Crippen LogP contribution in [0.25, 0.3) is 10.9 Å². The highest BCUT2D eigenvalue weighted by atomic mass is 35.5. The second-order valence-electron chi connectivity index (χ2n) is 4.81. The summed E-state index contributed by atoms with van der Waals surface area (Å²) in [6.07, 6.45) is 3.20. The minimum Gasteiger partial charge on any atom is -0.325 e. The van der Waals surface area contributed by atoms with Crippen molar-refractivity contribution in [3.8, 4) is 0 Å². The van der Waals surface area contributed by atoms with Gasteiger partial charge in [-0.1, -0.05) is 17.7 Å². The summed E-state index contributed by atoms with van der Waals surface area (Å²) >= 11 is 6.07. The Kier molecular flexibility index (Phi) is 2.03. The molecule has 1 aliphatic carbocycles. The van der Waals surface area contributed by atoms with Crippen LogP contribution in [0, 0.1) is 0 Å². The number of halogens is 1. The summed E-state index contributed by atoms with van der Waals surface area (Å²) in [6.45, 7) is 0. The van der Waals surface area contributed by atoms with Gasteiger partial charge in [-0.05, 0) is 37.0 Å². The molecule has 3 nitrogen and oxygen atoms in total. The van der Waals surface area contributed by atoms with E-state index in [0.29, 0.717) is 5.15 Å². The fourth-order valence-corrected chi connectivity index (χ4v) is 2.39. The van der Waals surface area contributed by atoms with Gasteiger partial charge < -0.3 is 5.73 Å². The fraction of sp³-hybridized carbons (Fsp3) is 0.417. The van der Waals surface area contributed by atoms with Crippen molar-refractivity contribution in [3.05, 3.63) is 28.9 Å². The largest absolute Gasteiger partial charge is 0.325 e. The van der Waals surface area contributed by atoms with E-state index in [1.54, 1.807) is 4.68 Å². The molecule has 0 aliphatic heterocycles. The smallest absolute Gasteiger partial charge is 0.158 e. The second-order valence-corrected chi connectivity index (χ2v) is 5.16. The number of nitrogens with zero attached hydrogens (tertiary/aromatic N) is 2. The predicted molar refractivity (Wildman–Crippen MR) is 65.6 cm³/mol. The van der Waals surface area contributed by atoms with Crippen LogP contribution < -0.4 is 5.73 Å². The van der Waals surface area contributed by atoms with Gasteiger partial charge in [0.05, 0.1) is 5.52 Å². The average Bonchev–Trinajstić information content (AvgIpc) is 2.88. The van der Waals surface area contributed by atoms with Crippen LogP contribution in [0.4, 0.5) is 0 Å². The molecule has 0 unspecified atom stereocenters. The van der Waals surface area contributed by atoms with Gasteiger partial charge in [0.25, 0.3) is 0 Å². The Labute approximate surface area is 99.2 Å². The molecule has 1 aliphatic rings. The highest BCUT2D eigenvalue weighted by molar-refractivity contribution is 6.34.